The Morgan fingerprint density at radius 2 is 1.70 bits per heavy atom. The minimum atomic E-state index is -0.465. The lowest BCUT2D eigenvalue weighted by Crippen LogP contribution is -2.19. The minimum absolute atomic E-state index is 0.201. The number of hydrogen-bond acceptors (Lipinski definition) is 7. The van der Waals surface area contributed by atoms with E-state index in [1.165, 1.54) is 12.3 Å². The smallest absolute Gasteiger partial charge is 0.324 e. The summed E-state index contributed by atoms with van der Waals surface area (Å²) in [5, 5.41) is 18.6. The fourth-order valence-electron chi connectivity index (χ4n) is 2.79. The van der Waals surface area contributed by atoms with Crippen molar-refractivity contribution in [2.24, 2.45) is 0 Å². The van der Waals surface area contributed by atoms with E-state index in [0.29, 0.717) is 34.5 Å². The van der Waals surface area contributed by atoms with E-state index in [-0.39, 0.29) is 11.1 Å². The predicted octanol–water partition coefficient (Wildman–Crippen LogP) is 4.05. The molecule has 0 aliphatic carbocycles. The first-order valence-electron chi connectivity index (χ1n) is 10.1. The summed E-state index contributed by atoms with van der Waals surface area (Å²) >= 11 is 0. The van der Waals surface area contributed by atoms with Crippen molar-refractivity contribution in [1.29, 1.82) is 0 Å². The molecular formula is C22H22N8O3. The van der Waals surface area contributed by atoms with Crippen LogP contribution in [0.2, 0.25) is 0 Å². The van der Waals surface area contributed by atoms with Gasteiger partial charge in [-0.25, -0.2) is 14.8 Å². The third-order valence-electron chi connectivity index (χ3n) is 4.51. The Balaban J connectivity index is 1.34. The zero-order valence-electron chi connectivity index (χ0n) is 18.2. The standard InChI is InChI=1S/C22H22N8O3/c1-22(2,3)17-12-18(30-33-17)28-21(32)26-14-6-4-13(5-7-14)25-20(31)16-8-10-23-19(27-16)15-9-11-24-29-15/h4-12H,1-3H3,(H,24,29)(H,25,31)(H2,26,28,30,32). The maximum atomic E-state index is 12.5. The van der Waals surface area contributed by atoms with E-state index in [4.69, 9.17) is 4.52 Å². The van der Waals surface area contributed by atoms with Crippen LogP contribution in [0.25, 0.3) is 11.5 Å². The average Bonchev–Trinajstić information content (AvgIpc) is 3.47. The van der Waals surface area contributed by atoms with Gasteiger partial charge < -0.3 is 15.2 Å². The molecule has 0 fully saturated rings. The topological polar surface area (TPSA) is 151 Å². The fraction of sp³-hybridized carbons (Fsp3) is 0.182. The molecule has 0 saturated carbocycles. The van der Waals surface area contributed by atoms with Crippen molar-refractivity contribution in [1.82, 2.24) is 25.3 Å². The third-order valence-corrected chi connectivity index (χ3v) is 4.51. The maximum Gasteiger partial charge on any atom is 0.324 e. The van der Waals surface area contributed by atoms with Gasteiger partial charge in [-0.05, 0) is 36.4 Å². The van der Waals surface area contributed by atoms with Crippen LogP contribution in [0.3, 0.4) is 0 Å². The minimum Gasteiger partial charge on any atom is -0.359 e. The molecule has 33 heavy (non-hydrogen) atoms. The Morgan fingerprint density at radius 1 is 0.970 bits per heavy atom. The first-order valence-corrected chi connectivity index (χ1v) is 10.1. The summed E-state index contributed by atoms with van der Waals surface area (Å²) in [6, 6.07) is 11.1. The van der Waals surface area contributed by atoms with Crippen LogP contribution in [0.5, 0.6) is 0 Å². The molecule has 4 aromatic rings. The molecule has 0 atom stereocenters. The van der Waals surface area contributed by atoms with E-state index in [2.05, 4.69) is 41.3 Å². The Bertz CT molecular complexity index is 1260. The van der Waals surface area contributed by atoms with Crippen molar-refractivity contribution in [3.63, 3.8) is 0 Å². The summed E-state index contributed by atoms with van der Waals surface area (Å²) < 4.78 is 5.25. The number of aromatic nitrogens is 5. The van der Waals surface area contributed by atoms with E-state index in [1.54, 1.807) is 42.6 Å². The number of urea groups is 1. The maximum absolute atomic E-state index is 12.5. The second-order valence-corrected chi connectivity index (χ2v) is 8.16. The number of H-pyrrole nitrogens is 1. The van der Waals surface area contributed by atoms with Gasteiger partial charge in [-0.2, -0.15) is 5.10 Å². The number of carbonyl (C=O) groups excluding carboxylic acids is 2. The molecule has 3 aromatic heterocycles. The summed E-state index contributed by atoms with van der Waals surface area (Å²) in [7, 11) is 0. The second-order valence-electron chi connectivity index (χ2n) is 8.16. The molecule has 11 heteroatoms. The molecule has 0 unspecified atom stereocenters. The lowest BCUT2D eigenvalue weighted by atomic mass is 9.93. The molecule has 0 bridgehead atoms. The molecule has 3 heterocycles. The molecule has 0 aliphatic rings. The zero-order chi connectivity index (χ0) is 23.4. The molecule has 168 valence electrons. The highest BCUT2D eigenvalue weighted by Gasteiger charge is 2.20. The number of rotatable bonds is 5. The van der Waals surface area contributed by atoms with Crippen LogP contribution in [-0.4, -0.2) is 37.3 Å². The molecule has 0 radical (unpaired) electrons. The van der Waals surface area contributed by atoms with Gasteiger partial charge in [0.1, 0.15) is 17.1 Å². The monoisotopic (exact) mass is 446 g/mol. The van der Waals surface area contributed by atoms with Crippen molar-refractivity contribution in [2.45, 2.75) is 26.2 Å². The number of nitrogens with zero attached hydrogens (tertiary/aromatic N) is 4. The summed E-state index contributed by atoms with van der Waals surface area (Å²) in [5.74, 6) is 0.933. The van der Waals surface area contributed by atoms with E-state index in [0.717, 1.165) is 0 Å². The molecule has 1 aromatic carbocycles. The number of hydrogen-bond donors (Lipinski definition) is 4. The Kier molecular flexibility index (Phi) is 5.85. The average molecular weight is 446 g/mol. The van der Waals surface area contributed by atoms with Crippen molar-refractivity contribution in [2.75, 3.05) is 16.0 Å². The van der Waals surface area contributed by atoms with E-state index < -0.39 is 11.9 Å². The quantitative estimate of drug-likeness (QED) is 0.361. The van der Waals surface area contributed by atoms with Crippen molar-refractivity contribution in [3.8, 4) is 11.5 Å². The van der Waals surface area contributed by atoms with Gasteiger partial charge in [0.15, 0.2) is 11.6 Å². The lowest BCUT2D eigenvalue weighted by molar-refractivity contribution is 0.102. The van der Waals surface area contributed by atoms with Gasteiger partial charge in [-0.1, -0.05) is 25.9 Å². The molecule has 0 spiro atoms. The van der Waals surface area contributed by atoms with Gasteiger partial charge in [-0.15, -0.1) is 0 Å². The van der Waals surface area contributed by atoms with Crippen molar-refractivity contribution >= 4 is 29.1 Å². The van der Waals surface area contributed by atoms with Crippen LogP contribution in [0.1, 0.15) is 37.0 Å². The molecule has 3 amide bonds. The fourth-order valence-corrected chi connectivity index (χ4v) is 2.79. The van der Waals surface area contributed by atoms with Crippen LogP contribution in [0.4, 0.5) is 22.0 Å². The molecule has 11 nitrogen and oxygen atoms in total. The van der Waals surface area contributed by atoms with Gasteiger partial charge in [0.25, 0.3) is 5.91 Å². The lowest BCUT2D eigenvalue weighted by Gasteiger charge is -2.12. The van der Waals surface area contributed by atoms with Gasteiger partial charge >= 0.3 is 6.03 Å². The molecule has 0 aliphatic heterocycles. The molecule has 4 rings (SSSR count). The molecule has 0 saturated heterocycles. The third kappa shape index (κ3) is 5.39. The number of carbonyl (C=O) groups is 2. The predicted molar refractivity (Wildman–Crippen MR) is 122 cm³/mol. The normalized spacial score (nSPS) is 11.1. The summed E-state index contributed by atoms with van der Waals surface area (Å²) in [6.07, 6.45) is 3.15. The first kappa shape index (κ1) is 21.7. The van der Waals surface area contributed by atoms with Crippen LogP contribution >= 0.6 is 0 Å². The Hall–Kier alpha value is -4.54. The Labute approximate surface area is 189 Å². The highest BCUT2D eigenvalue weighted by Crippen LogP contribution is 2.24. The number of amides is 3. The van der Waals surface area contributed by atoms with Crippen LogP contribution in [0.15, 0.2) is 59.4 Å². The largest absolute Gasteiger partial charge is 0.359 e. The number of aromatic amines is 1. The molecule has 4 N–H and O–H groups in total. The van der Waals surface area contributed by atoms with E-state index in [1.807, 2.05) is 20.8 Å². The number of anilines is 3. The van der Waals surface area contributed by atoms with E-state index in [9.17, 15) is 9.59 Å². The van der Waals surface area contributed by atoms with Crippen LogP contribution < -0.4 is 16.0 Å². The Morgan fingerprint density at radius 3 is 2.33 bits per heavy atom. The van der Waals surface area contributed by atoms with Crippen molar-refractivity contribution in [3.05, 3.63) is 66.3 Å². The van der Waals surface area contributed by atoms with Gasteiger partial charge in [0, 0.05) is 35.2 Å². The van der Waals surface area contributed by atoms with Crippen LogP contribution in [0, 0.1) is 0 Å². The first-order chi connectivity index (χ1) is 15.8. The highest BCUT2D eigenvalue weighted by atomic mass is 16.5. The summed E-state index contributed by atoms with van der Waals surface area (Å²) in [6.45, 7) is 5.96. The number of benzene rings is 1. The summed E-state index contributed by atoms with van der Waals surface area (Å²) in [5.41, 5.74) is 1.60. The summed E-state index contributed by atoms with van der Waals surface area (Å²) in [4.78, 5) is 33.1. The molecular weight excluding hydrogens is 424 g/mol. The highest BCUT2D eigenvalue weighted by molar-refractivity contribution is 6.03. The second kappa shape index (κ2) is 8.91. The zero-order valence-corrected chi connectivity index (χ0v) is 18.2. The van der Waals surface area contributed by atoms with Crippen LogP contribution in [-0.2, 0) is 5.41 Å². The number of nitrogens with one attached hydrogen (secondary N) is 4. The van der Waals surface area contributed by atoms with Crippen molar-refractivity contribution < 1.29 is 14.1 Å². The van der Waals surface area contributed by atoms with Gasteiger partial charge in [-0.3, -0.25) is 15.2 Å². The van der Waals surface area contributed by atoms with Gasteiger partial charge in [0.2, 0.25) is 0 Å². The van der Waals surface area contributed by atoms with Gasteiger partial charge in [0.05, 0.1) is 0 Å². The van der Waals surface area contributed by atoms with E-state index >= 15 is 0 Å². The SMILES string of the molecule is CC(C)(C)c1cc(NC(=O)Nc2ccc(NC(=O)c3ccnc(-c4cc[nH]n4)n3)cc2)no1.